The molecule has 106 valence electrons. The normalized spacial score (nSPS) is 10.8. The monoisotopic (exact) mass is 285 g/mol. The van der Waals surface area contributed by atoms with Crippen LogP contribution >= 0.6 is 0 Å². The molecule has 3 aromatic rings. The van der Waals surface area contributed by atoms with Crippen molar-refractivity contribution in [2.24, 2.45) is 0 Å². The number of fused-ring (bicyclic) bond motifs is 1. The first-order valence-electron chi connectivity index (χ1n) is 6.52. The number of benzene rings is 2. The van der Waals surface area contributed by atoms with E-state index in [-0.39, 0.29) is 12.1 Å². The summed E-state index contributed by atoms with van der Waals surface area (Å²) in [5.74, 6) is -0.303. The minimum atomic E-state index is -0.461. The van der Waals surface area contributed by atoms with Crippen molar-refractivity contribution in [1.82, 2.24) is 9.97 Å². The van der Waals surface area contributed by atoms with Crippen LogP contribution in [-0.2, 0) is 6.54 Å². The van der Waals surface area contributed by atoms with Gasteiger partial charge >= 0.3 is 0 Å². The van der Waals surface area contributed by atoms with Crippen molar-refractivity contribution in [1.29, 1.82) is 0 Å². The molecule has 0 atom stereocenters. The third-order valence-electron chi connectivity index (χ3n) is 3.24. The maximum atomic E-state index is 13.6. The second-order valence-corrected chi connectivity index (χ2v) is 4.83. The fraction of sp³-hybridized carbons (Fsp3) is 0.125. The number of hydrogen-bond acceptors (Lipinski definition) is 3. The van der Waals surface area contributed by atoms with Crippen molar-refractivity contribution >= 4 is 16.7 Å². The molecule has 0 aliphatic carbocycles. The standard InChI is InChI=1S/C16H13F2N3/c1-10-2-5-15-13(6-10)16(21-9-20-15)19-8-11-7-12(17)3-4-14(11)18/h2-7,9H,8H2,1H3,(H,19,20,21). The Morgan fingerprint density at radius 1 is 1.05 bits per heavy atom. The molecule has 21 heavy (non-hydrogen) atoms. The van der Waals surface area contributed by atoms with Crippen LogP contribution in [0.15, 0.2) is 42.7 Å². The van der Waals surface area contributed by atoms with Gasteiger partial charge in [-0.1, -0.05) is 11.6 Å². The lowest BCUT2D eigenvalue weighted by molar-refractivity contribution is 0.587. The highest BCUT2D eigenvalue weighted by Gasteiger charge is 2.07. The maximum Gasteiger partial charge on any atom is 0.137 e. The molecule has 0 radical (unpaired) electrons. The summed E-state index contributed by atoms with van der Waals surface area (Å²) < 4.78 is 26.8. The van der Waals surface area contributed by atoms with Crippen LogP contribution in [0.1, 0.15) is 11.1 Å². The molecule has 0 aliphatic heterocycles. The molecule has 0 fully saturated rings. The molecule has 1 N–H and O–H groups in total. The molecule has 0 aliphatic rings. The fourth-order valence-electron chi connectivity index (χ4n) is 2.17. The Morgan fingerprint density at radius 2 is 1.90 bits per heavy atom. The molecule has 3 nitrogen and oxygen atoms in total. The largest absolute Gasteiger partial charge is 0.365 e. The van der Waals surface area contributed by atoms with E-state index >= 15 is 0 Å². The maximum absolute atomic E-state index is 13.6. The Kier molecular flexibility index (Phi) is 3.48. The fourth-order valence-corrected chi connectivity index (χ4v) is 2.17. The van der Waals surface area contributed by atoms with Gasteiger partial charge in [0.05, 0.1) is 5.52 Å². The highest BCUT2D eigenvalue weighted by atomic mass is 19.1. The van der Waals surface area contributed by atoms with Gasteiger partial charge in [0.15, 0.2) is 0 Å². The van der Waals surface area contributed by atoms with Gasteiger partial charge in [0, 0.05) is 17.5 Å². The first-order chi connectivity index (χ1) is 10.1. The molecule has 2 aromatic carbocycles. The molecule has 0 bridgehead atoms. The number of aryl methyl sites for hydroxylation is 1. The van der Waals surface area contributed by atoms with Crippen LogP contribution in [0.25, 0.3) is 10.9 Å². The van der Waals surface area contributed by atoms with Crippen molar-refractivity contribution in [3.8, 4) is 0 Å². The van der Waals surface area contributed by atoms with E-state index in [1.54, 1.807) is 0 Å². The molecule has 1 aromatic heterocycles. The summed E-state index contributed by atoms with van der Waals surface area (Å²) in [5.41, 5.74) is 2.14. The molecular formula is C16H13F2N3. The van der Waals surface area contributed by atoms with Crippen LogP contribution in [0.3, 0.4) is 0 Å². The Balaban J connectivity index is 1.91. The summed E-state index contributed by atoms with van der Waals surface area (Å²) in [4.78, 5) is 8.36. The van der Waals surface area contributed by atoms with Gasteiger partial charge in [0.2, 0.25) is 0 Å². The zero-order valence-corrected chi connectivity index (χ0v) is 11.4. The minimum Gasteiger partial charge on any atom is -0.365 e. The molecule has 3 rings (SSSR count). The van der Waals surface area contributed by atoms with Crippen molar-refractivity contribution in [3.63, 3.8) is 0 Å². The zero-order valence-electron chi connectivity index (χ0n) is 11.4. The zero-order chi connectivity index (χ0) is 14.8. The van der Waals surface area contributed by atoms with Crippen molar-refractivity contribution in [3.05, 3.63) is 65.5 Å². The molecule has 0 amide bonds. The van der Waals surface area contributed by atoms with Gasteiger partial charge < -0.3 is 5.32 Å². The number of halogens is 2. The Morgan fingerprint density at radius 3 is 2.76 bits per heavy atom. The molecule has 1 heterocycles. The van der Waals surface area contributed by atoms with E-state index in [4.69, 9.17) is 0 Å². The van der Waals surface area contributed by atoms with Crippen LogP contribution in [0.2, 0.25) is 0 Å². The first-order valence-corrected chi connectivity index (χ1v) is 6.52. The molecular weight excluding hydrogens is 272 g/mol. The van der Waals surface area contributed by atoms with E-state index in [0.29, 0.717) is 5.82 Å². The average Bonchev–Trinajstić information content (AvgIpc) is 2.48. The summed E-state index contributed by atoms with van der Waals surface area (Å²) in [7, 11) is 0. The summed E-state index contributed by atoms with van der Waals surface area (Å²) in [6.45, 7) is 2.13. The lowest BCUT2D eigenvalue weighted by Gasteiger charge is -2.09. The smallest absolute Gasteiger partial charge is 0.137 e. The molecule has 0 unspecified atom stereocenters. The number of nitrogens with zero attached hydrogens (tertiary/aromatic N) is 2. The number of rotatable bonds is 3. The quantitative estimate of drug-likeness (QED) is 0.794. The van der Waals surface area contributed by atoms with E-state index in [9.17, 15) is 8.78 Å². The average molecular weight is 285 g/mol. The summed E-state index contributed by atoms with van der Waals surface area (Å²) >= 11 is 0. The second kappa shape index (κ2) is 5.44. The van der Waals surface area contributed by atoms with E-state index in [0.717, 1.165) is 28.6 Å². The van der Waals surface area contributed by atoms with Gasteiger partial charge in [-0.25, -0.2) is 18.7 Å². The number of nitrogens with one attached hydrogen (secondary N) is 1. The first kappa shape index (κ1) is 13.4. The van der Waals surface area contributed by atoms with E-state index < -0.39 is 11.6 Å². The number of anilines is 1. The van der Waals surface area contributed by atoms with Gasteiger partial charge in [-0.05, 0) is 37.3 Å². The van der Waals surface area contributed by atoms with Crippen molar-refractivity contribution in [2.45, 2.75) is 13.5 Å². The van der Waals surface area contributed by atoms with Gasteiger partial charge in [-0.3, -0.25) is 0 Å². The summed E-state index contributed by atoms with van der Waals surface area (Å²) in [6.07, 6.45) is 1.45. The van der Waals surface area contributed by atoms with Crippen molar-refractivity contribution < 1.29 is 8.78 Å². The van der Waals surface area contributed by atoms with Crippen LogP contribution in [0.4, 0.5) is 14.6 Å². The van der Waals surface area contributed by atoms with Gasteiger partial charge in [0.1, 0.15) is 23.8 Å². The summed E-state index contributed by atoms with van der Waals surface area (Å²) in [5, 5.41) is 3.90. The van der Waals surface area contributed by atoms with E-state index in [2.05, 4.69) is 15.3 Å². The van der Waals surface area contributed by atoms with Gasteiger partial charge in [-0.15, -0.1) is 0 Å². The Hall–Kier alpha value is -2.56. The highest BCUT2D eigenvalue weighted by molar-refractivity contribution is 5.89. The minimum absolute atomic E-state index is 0.156. The Bertz CT molecular complexity index is 803. The molecule has 0 saturated carbocycles. The van der Waals surface area contributed by atoms with Crippen molar-refractivity contribution in [2.75, 3.05) is 5.32 Å². The third-order valence-corrected chi connectivity index (χ3v) is 3.24. The predicted molar refractivity (Wildman–Crippen MR) is 78.0 cm³/mol. The predicted octanol–water partition coefficient (Wildman–Crippen LogP) is 3.83. The lowest BCUT2D eigenvalue weighted by Crippen LogP contribution is -2.05. The van der Waals surface area contributed by atoms with Crippen LogP contribution < -0.4 is 5.32 Å². The second-order valence-electron chi connectivity index (χ2n) is 4.83. The molecule has 0 saturated heterocycles. The number of aromatic nitrogens is 2. The SMILES string of the molecule is Cc1ccc2ncnc(NCc3cc(F)ccc3F)c2c1. The summed E-state index contributed by atoms with van der Waals surface area (Å²) in [6, 6.07) is 9.22. The topological polar surface area (TPSA) is 37.8 Å². The molecule has 0 spiro atoms. The van der Waals surface area contributed by atoms with E-state index in [1.165, 1.54) is 12.4 Å². The number of hydrogen-bond donors (Lipinski definition) is 1. The van der Waals surface area contributed by atoms with Gasteiger partial charge in [-0.2, -0.15) is 0 Å². The third kappa shape index (κ3) is 2.81. The van der Waals surface area contributed by atoms with E-state index in [1.807, 2.05) is 25.1 Å². The molecule has 5 heteroatoms. The van der Waals surface area contributed by atoms with Crippen LogP contribution in [-0.4, -0.2) is 9.97 Å². The lowest BCUT2D eigenvalue weighted by atomic mass is 10.1. The van der Waals surface area contributed by atoms with Crippen LogP contribution in [0, 0.1) is 18.6 Å². The van der Waals surface area contributed by atoms with Gasteiger partial charge in [0.25, 0.3) is 0 Å². The van der Waals surface area contributed by atoms with Crippen LogP contribution in [0.5, 0.6) is 0 Å². The Labute approximate surface area is 120 Å². The highest BCUT2D eigenvalue weighted by Crippen LogP contribution is 2.21.